The van der Waals surface area contributed by atoms with Crippen LogP contribution in [-0.4, -0.2) is 0 Å². The minimum absolute atomic E-state index is 1.31. The zero-order valence-corrected chi connectivity index (χ0v) is 10.9. The summed E-state index contributed by atoms with van der Waals surface area (Å²) < 4.78 is 0. The molecule has 0 aliphatic carbocycles. The van der Waals surface area contributed by atoms with Gasteiger partial charge in [-0.1, -0.05) is 72.3 Å². The monoisotopic (exact) mass is 224 g/mol. The Kier molecular flexibility index (Phi) is 5.81. The lowest BCUT2D eigenvalue weighted by Gasteiger charge is -1.97. The highest BCUT2D eigenvalue weighted by molar-refractivity contribution is 5.62. The number of hydrogen-bond donors (Lipinski definition) is 0. The molecule has 0 bridgehead atoms. The minimum atomic E-state index is 1.31. The van der Waals surface area contributed by atoms with E-state index >= 15 is 0 Å². The highest BCUT2D eigenvalue weighted by Gasteiger charge is 1.88. The summed E-state index contributed by atoms with van der Waals surface area (Å²) in [5, 5.41) is 0. The molecule has 0 N–H and O–H groups in total. The van der Waals surface area contributed by atoms with Gasteiger partial charge in [0.05, 0.1) is 0 Å². The van der Waals surface area contributed by atoms with Crippen LogP contribution >= 0.6 is 0 Å². The molecule has 0 saturated carbocycles. The standard InChI is InChI=1S/C10H12.C7H8/c1-3-9(2)10-7-5-4-6-8-10;1-7-5-3-2-4-6-7/h3-8H,1-2H3;2-6H,1H3/b9-3+;. The maximum absolute atomic E-state index is 2.12. The van der Waals surface area contributed by atoms with Gasteiger partial charge in [-0.15, -0.1) is 0 Å². The smallest absolute Gasteiger partial charge is 0.0231 e. The zero-order valence-electron chi connectivity index (χ0n) is 10.9. The molecule has 0 amide bonds. The Bertz CT molecular complexity index is 438. The quantitative estimate of drug-likeness (QED) is 0.631. The van der Waals surface area contributed by atoms with Crippen LogP contribution in [-0.2, 0) is 0 Å². The molecule has 0 saturated heterocycles. The van der Waals surface area contributed by atoms with Gasteiger partial charge in [-0.3, -0.25) is 0 Å². The van der Waals surface area contributed by atoms with Crippen molar-refractivity contribution in [2.45, 2.75) is 20.8 Å². The van der Waals surface area contributed by atoms with Crippen molar-refractivity contribution in [3.8, 4) is 0 Å². The van der Waals surface area contributed by atoms with E-state index in [4.69, 9.17) is 0 Å². The van der Waals surface area contributed by atoms with Gasteiger partial charge in [0.1, 0.15) is 0 Å². The molecule has 0 spiro atoms. The van der Waals surface area contributed by atoms with E-state index in [1.54, 1.807) is 0 Å². The molecule has 2 aromatic carbocycles. The third-order valence-electron chi connectivity index (χ3n) is 2.60. The average Bonchev–Trinajstić information content (AvgIpc) is 2.40. The van der Waals surface area contributed by atoms with Gasteiger partial charge in [-0.2, -0.15) is 0 Å². The number of allylic oxidation sites excluding steroid dienone is 2. The Hall–Kier alpha value is -1.82. The van der Waals surface area contributed by atoms with Gasteiger partial charge in [0, 0.05) is 0 Å². The first-order chi connectivity index (χ1) is 8.24. The van der Waals surface area contributed by atoms with E-state index in [0.29, 0.717) is 0 Å². The van der Waals surface area contributed by atoms with E-state index in [-0.39, 0.29) is 0 Å². The summed E-state index contributed by atoms with van der Waals surface area (Å²) in [6, 6.07) is 20.7. The summed E-state index contributed by atoms with van der Waals surface area (Å²) >= 11 is 0. The SMILES string of the molecule is C/C=C(\C)c1ccccc1.Cc1ccccc1. The topological polar surface area (TPSA) is 0 Å². The Morgan fingerprint density at radius 1 is 0.824 bits per heavy atom. The Morgan fingerprint density at radius 2 is 1.29 bits per heavy atom. The summed E-state index contributed by atoms with van der Waals surface area (Å²) in [6.45, 7) is 6.26. The van der Waals surface area contributed by atoms with Gasteiger partial charge in [0.25, 0.3) is 0 Å². The van der Waals surface area contributed by atoms with Crippen LogP contribution in [0, 0.1) is 6.92 Å². The highest BCUT2D eigenvalue weighted by Crippen LogP contribution is 2.11. The van der Waals surface area contributed by atoms with Crippen molar-refractivity contribution in [1.82, 2.24) is 0 Å². The van der Waals surface area contributed by atoms with Crippen LogP contribution in [0.1, 0.15) is 25.0 Å². The summed E-state index contributed by atoms with van der Waals surface area (Å²) in [5.74, 6) is 0. The van der Waals surface area contributed by atoms with Gasteiger partial charge in [-0.25, -0.2) is 0 Å². The van der Waals surface area contributed by atoms with Gasteiger partial charge in [0.2, 0.25) is 0 Å². The summed E-state index contributed by atoms with van der Waals surface area (Å²) in [7, 11) is 0. The lowest BCUT2D eigenvalue weighted by atomic mass is 10.1. The summed E-state index contributed by atoms with van der Waals surface area (Å²) in [5.41, 5.74) is 3.97. The number of benzene rings is 2. The van der Waals surface area contributed by atoms with E-state index in [0.717, 1.165) is 0 Å². The molecule has 2 aromatic rings. The van der Waals surface area contributed by atoms with E-state index in [2.05, 4.69) is 63.2 Å². The number of rotatable bonds is 1. The molecule has 0 aromatic heterocycles. The Labute approximate surface area is 105 Å². The molecule has 0 heteroatoms. The second-order valence-corrected chi connectivity index (χ2v) is 3.99. The maximum atomic E-state index is 2.12. The summed E-state index contributed by atoms with van der Waals surface area (Å²) in [4.78, 5) is 0. The number of hydrogen-bond acceptors (Lipinski definition) is 0. The molecular formula is C17H20. The molecule has 0 aliphatic heterocycles. The van der Waals surface area contributed by atoms with Crippen LogP contribution in [0.5, 0.6) is 0 Å². The minimum Gasteiger partial charge on any atom is -0.0841 e. The van der Waals surface area contributed by atoms with E-state index in [1.807, 2.05) is 24.3 Å². The van der Waals surface area contributed by atoms with Crippen LogP contribution < -0.4 is 0 Å². The largest absolute Gasteiger partial charge is 0.0841 e. The van der Waals surface area contributed by atoms with Crippen molar-refractivity contribution in [2.24, 2.45) is 0 Å². The molecule has 0 atom stereocenters. The fraction of sp³-hybridized carbons (Fsp3) is 0.176. The van der Waals surface area contributed by atoms with Gasteiger partial charge in [0.15, 0.2) is 0 Å². The maximum Gasteiger partial charge on any atom is -0.0231 e. The Morgan fingerprint density at radius 3 is 1.65 bits per heavy atom. The van der Waals surface area contributed by atoms with Crippen molar-refractivity contribution < 1.29 is 0 Å². The van der Waals surface area contributed by atoms with Gasteiger partial charge in [-0.05, 0) is 31.9 Å². The lowest BCUT2D eigenvalue weighted by molar-refractivity contribution is 1.48. The predicted octanol–water partition coefficient (Wildman–Crippen LogP) is 5.10. The van der Waals surface area contributed by atoms with E-state index in [1.165, 1.54) is 16.7 Å². The molecule has 2 rings (SSSR count). The van der Waals surface area contributed by atoms with Crippen molar-refractivity contribution >= 4 is 5.57 Å². The van der Waals surface area contributed by atoms with Crippen LogP contribution in [0.3, 0.4) is 0 Å². The molecule has 0 fully saturated rings. The van der Waals surface area contributed by atoms with Crippen molar-refractivity contribution in [3.63, 3.8) is 0 Å². The predicted molar refractivity (Wildman–Crippen MR) is 76.9 cm³/mol. The van der Waals surface area contributed by atoms with Crippen LogP contribution in [0.4, 0.5) is 0 Å². The van der Waals surface area contributed by atoms with Gasteiger partial charge < -0.3 is 0 Å². The molecule has 0 nitrogen and oxygen atoms in total. The molecule has 0 radical (unpaired) electrons. The second-order valence-electron chi connectivity index (χ2n) is 3.99. The Balaban J connectivity index is 0.000000181. The summed E-state index contributed by atoms with van der Waals surface area (Å²) in [6.07, 6.45) is 2.12. The first-order valence-corrected chi connectivity index (χ1v) is 5.94. The highest BCUT2D eigenvalue weighted by atomic mass is 13.9. The van der Waals surface area contributed by atoms with Crippen molar-refractivity contribution in [3.05, 3.63) is 77.9 Å². The lowest BCUT2D eigenvalue weighted by Crippen LogP contribution is -1.75. The second kappa shape index (κ2) is 7.45. The first kappa shape index (κ1) is 13.2. The van der Waals surface area contributed by atoms with Crippen LogP contribution in [0.15, 0.2) is 66.7 Å². The molecule has 0 unspecified atom stereocenters. The molecule has 88 valence electrons. The van der Waals surface area contributed by atoms with E-state index in [9.17, 15) is 0 Å². The molecule has 0 aliphatic rings. The average molecular weight is 224 g/mol. The van der Waals surface area contributed by atoms with E-state index < -0.39 is 0 Å². The third kappa shape index (κ3) is 5.17. The van der Waals surface area contributed by atoms with Crippen LogP contribution in [0.2, 0.25) is 0 Å². The van der Waals surface area contributed by atoms with Crippen LogP contribution in [0.25, 0.3) is 5.57 Å². The van der Waals surface area contributed by atoms with Gasteiger partial charge >= 0.3 is 0 Å². The fourth-order valence-electron chi connectivity index (χ4n) is 1.40. The third-order valence-corrected chi connectivity index (χ3v) is 2.60. The number of aryl methyl sites for hydroxylation is 1. The van der Waals surface area contributed by atoms with Crippen molar-refractivity contribution in [2.75, 3.05) is 0 Å². The first-order valence-electron chi connectivity index (χ1n) is 5.94. The zero-order chi connectivity index (χ0) is 12.5. The molecule has 0 heterocycles. The molecule has 17 heavy (non-hydrogen) atoms. The normalized spacial score (nSPS) is 10.4. The molecular weight excluding hydrogens is 204 g/mol. The van der Waals surface area contributed by atoms with Crippen molar-refractivity contribution in [1.29, 1.82) is 0 Å². The fourth-order valence-corrected chi connectivity index (χ4v) is 1.40.